The van der Waals surface area contributed by atoms with Crippen molar-refractivity contribution in [2.75, 3.05) is 17.6 Å². The van der Waals surface area contributed by atoms with Gasteiger partial charge in [-0.25, -0.2) is 4.68 Å². The first-order chi connectivity index (χ1) is 4.86. The molecule has 4 heteroatoms. The summed E-state index contributed by atoms with van der Waals surface area (Å²) in [5.41, 5.74) is 5.49. The van der Waals surface area contributed by atoms with E-state index < -0.39 is 0 Å². The fourth-order valence-electron chi connectivity index (χ4n) is 1.19. The molecule has 0 bridgehead atoms. The van der Waals surface area contributed by atoms with E-state index in [1.54, 1.807) is 0 Å². The lowest BCUT2D eigenvalue weighted by Crippen LogP contribution is -2.17. The minimum atomic E-state index is 0.601. The number of hydrogen-bond donors (Lipinski definition) is 2. The fraction of sp³-hybridized carbons (Fsp3) is 0.500. The molecule has 0 fully saturated rings. The molecule has 0 aliphatic carbocycles. The van der Waals surface area contributed by atoms with Crippen molar-refractivity contribution < 1.29 is 0 Å². The van der Waals surface area contributed by atoms with Crippen molar-refractivity contribution in [3.8, 4) is 0 Å². The highest BCUT2D eigenvalue weighted by Crippen LogP contribution is 2.15. The van der Waals surface area contributed by atoms with E-state index in [-0.39, 0.29) is 0 Å². The Balaban J connectivity index is 2.41. The van der Waals surface area contributed by atoms with Gasteiger partial charge >= 0.3 is 0 Å². The van der Waals surface area contributed by atoms with E-state index in [9.17, 15) is 0 Å². The third-order valence-corrected chi connectivity index (χ3v) is 1.65. The van der Waals surface area contributed by atoms with Crippen molar-refractivity contribution in [1.29, 1.82) is 0 Å². The monoisotopic (exact) mass is 138 g/mol. The minimum absolute atomic E-state index is 0.601. The van der Waals surface area contributed by atoms with Crippen molar-refractivity contribution in [3.05, 3.63) is 6.07 Å². The highest BCUT2D eigenvalue weighted by Gasteiger charge is 2.08. The summed E-state index contributed by atoms with van der Waals surface area (Å²) in [5.74, 6) is 1.65. The SMILES string of the molecule is Nc1cc2n(n1)CCCN2. The van der Waals surface area contributed by atoms with Crippen molar-refractivity contribution in [1.82, 2.24) is 9.78 Å². The zero-order valence-corrected chi connectivity index (χ0v) is 5.67. The van der Waals surface area contributed by atoms with Gasteiger partial charge in [-0.15, -0.1) is 0 Å². The van der Waals surface area contributed by atoms with Gasteiger partial charge in [0.25, 0.3) is 0 Å². The number of rotatable bonds is 0. The third-order valence-electron chi connectivity index (χ3n) is 1.65. The smallest absolute Gasteiger partial charge is 0.147 e. The van der Waals surface area contributed by atoms with Gasteiger partial charge in [0.15, 0.2) is 0 Å². The van der Waals surface area contributed by atoms with Crippen molar-refractivity contribution in [2.24, 2.45) is 0 Å². The van der Waals surface area contributed by atoms with E-state index in [1.807, 2.05) is 10.7 Å². The van der Waals surface area contributed by atoms with Crippen LogP contribution < -0.4 is 11.1 Å². The summed E-state index contributed by atoms with van der Waals surface area (Å²) < 4.78 is 1.90. The first-order valence-corrected chi connectivity index (χ1v) is 3.43. The van der Waals surface area contributed by atoms with Gasteiger partial charge in [-0.2, -0.15) is 5.10 Å². The average molecular weight is 138 g/mol. The number of anilines is 2. The molecule has 0 radical (unpaired) electrons. The molecule has 0 atom stereocenters. The first-order valence-electron chi connectivity index (χ1n) is 3.43. The Morgan fingerprint density at radius 2 is 2.60 bits per heavy atom. The van der Waals surface area contributed by atoms with Crippen LogP contribution in [0.25, 0.3) is 0 Å². The molecule has 2 heterocycles. The number of nitrogen functional groups attached to an aromatic ring is 1. The van der Waals surface area contributed by atoms with E-state index in [0.717, 1.165) is 25.3 Å². The molecule has 2 rings (SSSR count). The average Bonchev–Trinajstić information content (AvgIpc) is 2.27. The quantitative estimate of drug-likeness (QED) is 0.541. The maximum absolute atomic E-state index is 5.49. The number of fused-ring (bicyclic) bond motifs is 1. The molecule has 4 nitrogen and oxygen atoms in total. The van der Waals surface area contributed by atoms with Gasteiger partial charge in [0.1, 0.15) is 11.6 Å². The second kappa shape index (κ2) is 1.90. The van der Waals surface area contributed by atoms with Crippen LogP contribution in [0.1, 0.15) is 6.42 Å². The molecule has 0 amide bonds. The second-order valence-corrected chi connectivity index (χ2v) is 2.46. The summed E-state index contributed by atoms with van der Waals surface area (Å²) in [5, 5.41) is 7.29. The Morgan fingerprint density at radius 1 is 1.70 bits per heavy atom. The lowest BCUT2D eigenvalue weighted by atomic mass is 10.3. The number of nitrogens with zero attached hydrogens (tertiary/aromatic N) is 2. The predicted molar refractivity (Wildman–Crippen MR) is 39.7 cm³/mol. The summed E-state index contributed by atoms with van der Waals surface area (Å²) in [6, 6.07) is 1.86. The van der Waals surface area contributed by atoms with Crippen LogP contribution in [0.2, 0.25) is 0 Å². The zero-order chi connectivity index (χ0) is 6.97. The Morgan fingerprint density at radius 3 is 3.40 bits per heavy atom. The number of aromatic nitrogens is 2. The number of aryl methyl sites for hydroxylation is 1. The highest BCUT2D eigenvalue weighted by atomic mass is 15.4. The molecule has 10 heavy (non-hydrogen) atoms. The molecule has 0 unspecified atom stereocenters. The standard InChI is InChI=1S/C6H10N4/c7-5-4-6-8-2-1-3-10(6)9-5/h4,8H,1-3H2,(H2,7,9). The summed E-state index contributed by atoms with van der Waals surface area (Å²) in [6.45, 7) is 2.02. The molecule has 0 aromatic carbocycles. The van der Waals surface area contributed by atoms with Gasteiger partial charge in [0.2, 0.25) is 0 Å². The van der Waals surface area contributed by atoms with Crippen LogP contribution in [0.3, 0.4) is 0 Å². The van der Waals surface area contributed by atoms with Gasteiger partial charge in [-0.05, 0) is 6.42 Å². The molecule has 0 spiro atoms. The Labute approximate surface area is 59.0 Å². The number of nitrogens with two attached hydrogens (primary N) is 1. The van der Waals surface area contributed by atoms with Gasteiger partial charge in [-0.3, -0.25) is 0 Å². The molecule has 0 saturated carbocycles. The number of hydrogen-bond acceptors (Lipinski definition) is 3. The molecule has 0 saturated heterocycles. The normalized spacial score (nSPS) is 16.0. The van der Waals surface area contributed by atoms with E-state index in [4.69, 9.17) is 5.73 Å². The fourth-order valence-corrected chi connectivity index (χ4v) is 1.19. The van der Waals surface area contributed by atoms with E-state index in [1.165, 1.54) is 0 Å². The van der Waals surface area contributed by atoms with Gasteiger partial charge in [0, 0.05) is 19.2 Å². The van der Waals surface area contributed by atoms with Crippen molar-refractivity contribution >= 4 is 11.6 Å². The summed E-state index contributed by atoms with van der Waals surface area (Å²) in [6.07, 6.45) is 1.13. The zero-order valence-electron chi connectivity index (χ0n) is 5.67. The Kier molecular flexibility index (Phi) is 1.06. The van der Waals surface area contributed by atoms with Gasteiger partial charge < -0.3 is 11.1 Å². The summed E-state index contributed by atoms with van der Waals surface area (Å²) in [7, 11) is 0. The predicted octanol–water partition coefficient (Wildman–Crippen LogP) is 0.281. The molecule has 1 aliphatic heterocycles. The van der Waals surface area contributed by atoms with E-state index in [0.29, 0.717) is 5.82 Å². The first kappa shape index (κ1) is 5.58. The van der Waals surface area contributed by atoms with Crippen molar-refractivity contribution in [2.45, 2.75) is 13.0 Å². The minimum Gasteiger partial charge on any atom is -0.382 e. The van der Waals surface area contributed by atoms with Crippen LogP contribution in [0.4, 0.5) is 11.6 Å². The second-order valence-electron chi connectivity index (χ2n) is 2.46. The maximum Gasteiger partial charge on any atom is 0.147 e. The molecule has 54 valence electrons. The van der Waals surface area contributed by atoms with Crippen LogP contribution in [-0.4, -0.2) is 16.3 Å². The van der Waals surface area contributed by atoms with Crippen LogP contribution >= 0.6 is 0 Å². The third kappa shape index (κ3) is 0.725. The van der Waals surface area contributed by atoms with Crippen LogP contribution in [0.5, 0.6) is 0 Å². The van der Waals surface area contributed by atoms with Crippen LogP contribution in [0.15, 0.2) is 6.07 Å². The summed E-state index contributed by atoms with van der Waals surface area (Å²) >= 11 is 0. The number of nitrogens with one attached hydrogen (secondary N) is 1. The highest BCUT2D eigenvalue weighted by molar-refractivity contribution is 5.46. The topological polar surface area (TPSA) is 55.9 Å². The van der Waals surface area contributed by atoms with E-state index >= 15 is 0 Å². The van der Waals surface area contributed by atoms with Crippen LogP contribution in [-0.2, 0) is 6.54 Å². The molecule has 1 aromatic heterocycles. The Bertz CT molecular complexity index is 216. The lowest BCUT2D eigenvalue weighted by Gasteiger charge is -2.14. The molecular weight excluding hydrogens is 128 g/mol. The van der Waals surface area contributed by atoms with Crippen LogP contribution in [0, 0.1) is 0 Å². The lowest BCUT2D eigenvalue weighted by molar-refractivity contribution is 0.569. The van der Waals surface area contributed by atoms with Gasteiger partial charge in [-0.1, -0.05) is 0 Å². The molecule has 1 aliphatic rings. The largest absolute Gasteiger partial charge is 0.382 e. The maximum atomic E-state index is 5.49. The molecule has 3 N–H and O–H groups in total. The molecule has 1 aromatic rings. The van der Waals surface area contributed by atoms with E-state index in [2.05, 4.69) is 10.4 Å². The summed E-state index contributed by atoms with van der Waals surface area (Å²) in [4.78, 5) is 0. The molecular formula is C6H10N4. The van der Waals surface area contributed by atoms with Gasteiger partial charge in [0.05, 0.1) is 0 Å². The Hall–Kier alpha value is -1.19. The van der Waals surface area contributed by atoms with Crippen molar-refractivity contribution in [3.63, 3.8) is 0 Å².